The van der Waals surface area contributed by atoms with E-state index in [9.17, 15) is 0 Å². The Morgan fingerprint density at radius 3 is 2.64 bits per heavy atom. The molecule has 0 bridgehead atoms. The molecule has 7 heteroatoms. The van der Waals surface area contributed by atoms with E-state index >= 15 is 0 Å². The summed E-state index contributed by atoms with van der Waals surface area (Å²) in [4.78, 5) is 10.8. The van der Waals surface area contributed by atoms with Gasteiger partial charge in [-0.05, 0) is 25.1 Å². The number of rotatable bonds is 4. The van der Waals surface area contributed by atoms with Crippen molar-refractivity contribution in [1.29, 1.82) is 0 Å². The summed E-state index contributed by atoms with van der Waals surface area (Å²) in [7, 11) is 3.26. The molecule has 0 aliphatic carbocycles. The summed E-state index contributed by atoms with van der Waals surface area (Å²) in [6, 6.07) is 7.70. The molecular formula is C15H15ClN3O2S-. The third-order valence-corrected chi connectivity index (χ3v) is 4.07. The second kappa shape index (κ2) is 6.81. The molecule has 1 N–H and O–H groups in total. The summed E-state index contributed by atoms with van der Waals surface area (Å²) in [6.07, 6.45) is 1.57. The van der Waals surface area contributed by atoms with Crippen molar-refractivity contribution >= 4 is 33.1 Å². The highest BCUT2D eigenvalue weighted by atomic mass is 35.5. The Bertz CT molecular complexity index is 792. The molecule has 22 heavy (non-hydrogen) atoms. The lowest BCUT2D eigenvalue weighted by Gasteiger charge is -2.12. The Morgan fingerprint density at radius 2 is 1.91 bits per heavy atom. The third-order valence-electron chi connectivity index (χ3n) is 3.11. The molecule has 3 aromatic rings. The average molecular weight is 337 g/mol. The van der Waals surface area contributed by atoms with Gasteiger partial charge in [0.05, 0.1) is 25.3 Å². The number of nitrogens with zero attached hydrogens (tertiary/aromatic N) is 2. The summed E-state index contributed by atoms with van der Waals surface area (Å²) in [5.41, 5.74) is 0.835. The number of ether oxygens (including phenoxy) is 2. The first kappa shape index (κ1) is 16.3. The maximum atomic E-state index is 5.39. The molecule has 2 heterocycles. The Labute approximate surface area is 138 Å². The van der Waals surface area contributed by atoms with Crippen molar-refractivity contribution in [3.63, 3.8) is 0 Å². The van der Waals surface area contributed by atoms with Crippen LogP contribution in [-0.4, -0.2) is 24.2 Å². The molecule has 2 aromatic heterocycles. The van der Waals surface area contributed by atoms with Crippen LogP contribution in [0, 0.1) is 6.92 Å². The average Bonchev–Trinajstić information content (AvgIpc) is 2.89. The number of aryl methyl sites for hydroxylation is 1. The number of halogens is 1. The summed E-state index contributed by atoms with van der Waals surface area (Å²) >= 11 is 1.65. The quantitative estimate of drug-likeness (QED) is 0.762. The largest absolute Gasteiger partial charge is 1.00 e. The first-order valence-corrected chi connectivity index (χ1v) is 7.23. The van der Waals surface area contributed by atoms with Gasteiger partial charge in [-0.25, -0.2) is 9.97 Å². The topological polar surface area (TPSA) is 56.3 Å². The van der Waals surface area contributed by atoms with Crippen molar-refractivity contribution in [2.45, 2.75) is 6.92 Å². The number of aromatic nitrogens is 2. The highest BCUT2D eigenvalue weighted by molar-refractivity contribution is 7.18. The summed E-state index contributed by atoms with van der Waals surface area (Å²) in [5, 5.41) is 4.32. The molecule has 0 aliphatic rings. The summed E-state index contributed by atoms with van der Waals surface area (Å²) in [6.45, 7) is 2.06. The third kappa shape index (κ3) is 3.08. The zero-order valence-electron chi connectivity index (χ0n) is 12.4. The fourth-order valence-corrected chi connectivity index (χ4v) is 2.95. The number of nitrogens with one attached hydrogen (secondary N) is 1. The van der Waals surface area contributed by atoms with E-state index in [0.717, 1.165) is 27.5 Å². The fraction of sp³-hybridized carbons (Fsp3) is 0.200. The normalized spacial score (nSPS) is 10.1. The number of fused-ring (bicyclic) bond motifs is 1. The van der Waals surface area contributed by atoms with Gasteiger partial charge in [0.1, 0.15) is 28.5 Å². The molecular weight excluding hydrogens is 322 g/mol. The monoisotopic (exact) mass is 336 g/mol. The Kier molecular flexibility index (Phi) is 5.05. The zero-order chi connectivity index (χ0) is 14.8. The smallest absolute Gasteiger partial charge is 0.146 e. The van der Waals surface area contributed by atoms with Crippen LogP contribution in [-0.2, 0) is 0 Å². The van der Waals surface area contributed by atoms with Crippen molar-refractivity contribution in [2.75, 3.05) is 19.5 Å². The van der Waals surface area contributed by atoms with E-state index in [2.05, 4.69) is 28.3 Å². The second-order valence-corrected chi connectivity index (χ2v) is 5.72. The molecule has 0 aliphatic heterocycles. The number of thiophene rings is 1. The van der Waals surface area contributed by atoms with Crippen LogP contribution in [0.2, 0.25) is 0 Å². The van der Waals surface area contributed by atoms with E-state index in [-0.39, 0.29) is 12.4 Å². The lowest BCUT2D eigenvalue weighted by atomic mass is 10.2. The van der Waals surface area contributed by atoms with E-state index in [1.807, 2.05) is 18.2 Å². The standard InChI is InChI=1S/C15H15N3O2S.ClH/c1-9-6-11-14(16-8-17-15(11)21-9)18-12-5-4-10(19-2)7-13(12)20-3;/h4-8H,1-3H3,(H,16,17,18);1H/p-1. The molecule has 0 spiro atoms. The fourth-order valence-electron chi connectivity index (χ4n) is 2.11. The predicted octanol–water partition coefficient (Wildman–Crippen LogP) is 0.765. The van der Waals surface area contributed by atoms with Gasteiger partial charge in [0.25, 0.3) is 0 Å². The maximum absolute atomic E-state index is 5.39. The molecule has 1 aromatic carbocycles. The van der Waals surface area contributed by atoms with Gasteiger partial charge >= 0.3 is 0 Å². The van der Waals surface area contributed by atoms with Gasteiger partial charge in [0, 0.05) is 10.9 Å². The molecule has 3 rings (SSSR count). The van der Waals surface area contributed by atoms with Crippen molar-refractivity contribution in [2.24, 2.45) is 0 Å². The van der Waals surface area contributed by atoms with Crippen molar-refractivity contribution < 1.29 is 21.9 Å². The van der Waals surface area contributed by atoms with Crippen molar-refractivity contribution in [3.05, 3.63) is 35.5 Å². The SMILES string of the molecule is COc1ccc(Nc2ncnc3sc(C)cc23)c(OC)c1.[Cl-]. The molecule has 116 valence electrons. The first-order chi connectivity index (χ1) is 10.2. The van der Waals surface area contributed by atoms with Gasteiger partial charge in [-0.3, -0.25) is 0 Å². The van der Waals surface area contributed by atoms with Crippen LogP contribution >= 0.6 is 11.3 Å². The number of methoxy groups -OCH3 is 2. The van der Waals surface area contributed by atoms with Crippen LogP contribution < -0.4 is 27.2 Å². The van der Waals surface area contributed by atoms with Gasteiger partial charge in [0.2, 0.25) is 0 Å². The van der Waals surface area contributed by atoms with Gasteiger partial charge in [-0.1, -0.05) is 0 Å². The Hall–Kier alpha value is -2.05. The molecule has 0 fully saturated rings. The number of benzene rings is 1. The van der Waals surface area contributed by atoms with Crippen LogP contribution in [0.1, 0.15) is 4.88 Å². The van der Waals surface area contributed by atoms with E-state index in [1.54, 1.807) is 31.9 Å². The van der Waals surface area contributed by atoms with Gasteiger partial charge in [0.15, 0.2) is 0 Å². The van der Waals surface area contributed by atoms with Crippen molar-refractivity contribution in [3.8, 4) is 11.5 Å². The highest BCUT2D eigenvalue weighted by Gasteiger charge is 2.10. The van der Waals surface area contributed by atoms with E-state index in [1.165, 1.54) is 4.88 Å². The minimum Gasteiger partial charge on any atom is -1.00 e. The summed E-state index contributed by atoms with van der Waals surface area (Å²) in [5.74, 6) is 2.22. The van der Waals surface area contributed by atoms with E-state index in [4.69, 9.17) is 9.47 Å². The second-order valence-electron chi connectivity index (χ2n) is 4.49. The molecule has 5 nitrogen and oxygen atoms in total. The molecule has 0 atom stereocenters. The van der Waals surface area contributed by atoms with Crippen LogP contribution in [0.15, 0.2) is 30.6 Å². The molecule has 0 amide bonds. The lowest BCUT2D eigenvalue weighted by Crippen LogP contribution is -3.00. The van der Waals surface area contributed by atoms with E-state index in [0.29, 0.717) is 5.75 Å². The maximum Gasteiger partial charge on any atom is 0.146 e. The van der Waals surface area contributed by atoms with Crippen molar-refractivity contribution in [1.82, 2.24) is 9.97 Å². The molecule has 0 saturated heterocycles. The number of hydrogen-bond donors (Lipinski definition) is 1. The predicted molar refractivity (Wildman–Crippen MR) is 85.0 cm³/mol. The van der Waals surface area contributed by atoms with Crippen LogP contribution in [0.5, 0.6) is 11.5 Å². The van der Waals surface area contributed by atoms with Gasteiger partial charge < -0.3 is 27.2 Å². The minimum atomic E-state index is 0. The zero-order valence-corrected chi connectivity index (χ0v) is 14.0. The number of hydrogen-bond acceptors (Lipinski definition) is 6. The minimum absolute atomic E-state index is 0. The molecule has 0 unspecified atom stereocenters. The van der Waals surface area contributed by atoms with Gasteiger partial charge in [-0.15, -0.1) is 11.3 Å². The summed E-state index contributed by atoms with van der Waals surface area (Å²) < 4.78 is 10.6. The van der Waals surface area contributed by atoms with Crippen LogP contribution in [0.4, 0.5) is 11.5 Å². The van der Waals surface area contributed by atoms with Crippen LogP contribution in [0.3, 0.4) is 0 Å². The highest BCUT2D eigenvalue weighted by Crippen LogP contribution is 2.34. The molecule has 0 saturated carbocycles. The lowest BCUT2D eigenvalue weighted by molar-refractivity contribution is -0.00000491. The first-order valence-electron chi connectivity index (χ1n) is 6.41. The Balaban J connectivity index is 0.00000176. The van der Waals surface area contributed by atoms with E-state index < -0.39 is 0 Å². The Morgan fingerprint density at radius 1 is 1.09 bits per heavy atom. The van der Waals surface area contributed by atoms with Gasteiger partial charge in [-0.2, -0.15) is 0 Å². The van der Waals surface area contributed by atoms with Crippen LogP contribution in [0.25, 0.3) is 10.2 Å². The number of anilines is 2. The molecule has 0 radical (unpaired) electrons.